The fourth-order valence-electron chi connectivity index (χ4n) is 2.95. The average molecular weight is 286 g/mol. The van der Waals surface area contributed by atoms with Crippen molar-refractivity contribution in [2.75, 3.05) is 0 Å². The Kier molecular flexibility index (Phi) is 2.97. The Morgan fingerprint density at radius 2 is 1.82 bits per heavy atom. The highest BCUT2D eigenvalue weighted by Crippen LogP contribution is 2.26. The Morgan fingerprint density at radius 1 is 0.955 bits per heavy atom. The van der Waals surface area contributed by atoms with E-state index in [1.54, 1.807) is 6.20 Å². The highest BCUT2D eigenvalue weighted by Gasteiger charge is 2.10. The van der Waals surface area contributed by atoms with Crippen LogP contribution in [0.1, 0.15) is 5.69 Å². The molecule has 0 spiro atoms. The molecule has 0 unspecified atom stereocenters. The largest absolute Gasteiger partial charge is 0.313 e. The van der Waals surface area contributed by atoms with E-state index in [4.69, 9.17) is 0 Å². The Morgan fingerprint density at radius 3 is 2.73 bits per heavy atom. The zero-order chi connectivity index (χ0) is 14.9. The Hall–Kier alpha value is -2.94. The quantitative estimate of drug-likeness (QED) is 0.535. The van der Waals surface area contributed by atoms with Crippen LogP contribution < -0.4 is 0 Å². The lowest BCUT2D eigenvalue weighted by Crippen LogP contribution is -2.00. The molecule has 106 valence electrons. The first-order chi connectivity index (χ1) is 10.9. The normalized spacial score (nSPS) is 11.1. The van der Waals surface area contributed by atoms with Crippen LogP contribution in [0.5, 0.6) is 0 Å². The second kappa shape index (κ2) is 5.11. The lowest BCUT2D eigenvalue weighted by Gasteiger charge is -2.10. The SMILES string of the molecule is O=CCc1cc2ccccc2n1-c1ccc2ncccc2c1. The van der Waals surface area contributed by atoms with Crippen LogP contribution in [0, 0.1) is 0 Å². The Balaban J connectivity index is 2.01. The highest BCUT2D eigenvalue weighted by molar-refractivity contribution is 5.86. The van der Waals surface area contributed by atoms with Gasteiger partial charge >= 0.3 is 0 Å². The molecule has 0 amide bonds. The maximum absolute atomic E-state index is 11.0. The minimum atomic E-state index is 0.403. The number of pyridine rings is 1. The van der Waals surface area contributed by atoms with Crippen molar-refractivity contribution in [3.8, 4) is 5.69 Å². The van der Waals surface area contributed by atoms with E-state index in [-0.39, 0.29) is 0 Å². The third-order valence-corrected chi connectivity index (χ3v) is 3.92. The van der Waals surface area contributed by atoms with Gasteiger partial charge in [0.25, 0.3) is 0 Å². The summed E-state index contributed by atoms with van der Waals surface area (Å²) in [5.74, 6) is 0. The van der Waals surface area contributed by atoms with E-state index in [1.165, 1.54) is 0 Å². The molecular weight excluding hydrogens is 272 g/mol. The molecule has 0 aliphatic rings. The third kappa shape index (κ3) is 1.99. The first-order valence-corrected chi connectivity index (χ1v) is 7.25. The third-order valence-electron chi connectivity index (χ3n) is 3.92. The van der Waals surface area contributed by atoms with Crippen LogP contribution in [0.15, 0.2) is 66.9 Å². The zero-order valence-electron chi connectivity index (χ0n) is 11.9. The average Bonchev–Trinajstić information content (AvgIpc) is 2.93. The molecule has 4 rings (SSSR count). The second-order valence-corrected chi connectivity index (χ2v) is 5.28. The summed E-state index contributed by atoms with van der Waals surface area (Å²) in [6, 6.07) is 20.4. The molecule has 0 saturated carbocycles. The molecule has 0 saturated heterocycles. The summed E-state index contributed by atoms with van der Waals surface area (Å²) >= 11 is 0. The van der Waals surface area contributed by atoms with E-state index < -0.39 is 0 Å². The Labute approximate surface area is 127 Å². The molecule has 3 nitrogen and oxygen atoms in total. The highest BCUT2D eigenvalue weighted by atomic mass is 16.1. The molecule has 0 atom stereocenters. The molecule has 0 bridgehead atoms. The molecule has 0 radical (unpaired) electrons. The van der Waals surface area contributed by atoms with Gasteiger partial charge in [-0.1, -0.05) is 24.3 Å². The van der Waals surface area contributed by atoms with Gasteiger partial charge in [-0.2, -0.15) is 0 Å². The number of aromatic nitrogens is 2. The van der Waals surface area contributed by atoms with Crippen molar-refractivity contribution in [1.82, 2.24) is 9.55 Å². The van der Waals surface area contributed by atoms with Gasteiger partial charge in [0.05, 0.1) is 11.0 Å². The van der Waals surface area contributed by atoms with E-state index in [1.807, 2.05) is 24.3 Å². The van der Waals surface area contributed by atoms with Crippen molar-refractivity contribution in [2.45, 2.75) is 6.42 Å². The number of para-hydroxylation sites is 1. The minimum absolute atomic E-state index is 0.403. The van der Waals surface area contributed by atoms with Gasteiger partial charge in [0.15, 0.2) is 0 Å². The van der Waals surface area contributed by atoms with Crippen molar-refractivity contribution < 1.29 is 4.79 Å². The van der Waals surface area contributed by atoms with Crippen molar-refractivity contribution in [3.63, 3.8) is 0 Å². The summed E-state index contributed by atoms with van der Waals surface area (Å²) < 4.78 is 2.15. The van der Waals surface area contributed by atoms with Crippen LogP contribution in [0.3, 0.4) is 0 Å². The number of aldehydes is 1. The summed E-state index contributed by atoms with van der Waals surface area (Å²) in [5, 5.41) is 2.24. The van der Waals surface area contributed by atoms with Crippen LogP contribution >= 0.6 is 0 Å². The van der Waals surface area contributed by atoms with Crippen LogP contribution in [0.2, 0.25) is 0 Å². The maximum Gasteiger partial charge on any atom is 0.125 e. The van der Waals surface area contributed by atoms with Crippen molar-refractivity contribution in [1.29, 1.82) is 0 Å². The monoisotopic (exact) mass is 286 g/mol. The molecule has 0 N–H and O–H groups in total. The Bertz CT molecular complexity index is 985. The molecule has 22 heavy (non-hydrogen) atoms. The number of nitrogens with zero attached hydrogens (tertiary/aromatic N) is 2. The van der Waals surface area contributed by atoms with Gasteiger partial charge in [-0.3, -0.25) is 4.98 Å². The van der Waals surface area contributed by atoms with Crippen molar-refractivity contribution in [3.05, 3.63) is 72.6 Å². The van der Waals surface area contributed by atoms with Gasteiger partial charge in [0.2, 0.25) is 0 Å². The van der Waals surface area contributed by atoms with E-state index in [0.717, 1.165) is 39.5 Å². The van der Waals surface area contributed by atoms with Gasteiger partial charge in [-0.25, -0.2) is 0 Å². The fourth-order valence-corrected chi connectivity index (χ4v) is 2.95. The number of fused-ring (bicyclic) bond motifs is 2. The van der Waals surface area contributed by atoms with Gasteiger partial charge in [0, 0.05) is 34.8 Å². The predicted molar refractivity (Wildman–Crippen MR) is 88.3 cm³/mol. The van der Waals surface area contributed by atoms with Crippen LogP contribution in [0.4, 0.5) is 0 Å². The van der Waals surface area contributed by atoms with Crippen molar-refractivity contribution in [2.24, 2.45) is 0 Å². The van der Waals surface area contributed by atoms with Gasteiger partial charge in [-0.15, -0.1) is 0 Å². The number of hydrogen-bond donors (Lipinski definition) is 0. The first-order valence-electron chi connectivity index (χ1n) is 7.25. The number of benzene rings is 2. The summed E-state index contributed by atoms with van der Waals surface area (Å²) in [6.07, 6.45) is 3.15. The minimum Gasteiger partial charge on any atom is -0.313 e. The summed E-state index contributed by atoms with van der Waals surface area (Å²) in [4.78, 5) is 15.4. The molecule has 2 aromatic carbocycles. The van der Waals surface area contributed by atoms with E-state index in [0.29, 0.717) is 6.42 Å². The van der Waals surface area contributed by atoms with Gasteiger partial charge in [-0.05, 0) is 36.4 Å². The molecule has 3 heteroatoms. The van der Waals surface area contributed by atoms with E-state index in [2.05, 4.69) is 45.9 Å². The van der Waals surface area contributed by atoms with Crippen LogP contribution in [-0.4, -0.2) is 15.8 Å². The molecule has 4 aromatic rings. The molecule has 0 aliphatic carbocycles. The van der Waals surface area contributed by atoms with Gasteiger partial charge < -0.3 is 9.36 Å². The molecule has 2 heterocycles. The topological polar surface area (TPSA) is 34.9 Å². The van der Waals surface area contributed by atoms with Crippen LogP contribution in [0.25, 0.3) is 27.5 Å². The zero-order valence-corrected chi connectivity index (χ0v) is 11.9. The first kappa shape index (κ1) is 12.8. The van der Waals surface area contributed by atoms with Gasteiger partial charge in [0.1, 0.15) is 6.29 Å². The molecule has 0 aliphatic heterocycles. The lowest BCUT2D eigenvalue weighted by molar-refractivity contribution is -0.107. The summed E-state index contributed by atoms with van der Waals surface area (Å²) in [5.41, 5.74) is 4.14. The van der Waals surface area contributed by atoms with E-state index >= 15 is 0 Å². The van der Waals surface area contributed by atoms with E-state index in [9.17, 15) is 4.79 Å². The number of carbonyl (C=O) groups excluding carboxylic acids is 1. The number of rotatable bonds is 3. The molecular formula is C19H14N2O. The number of hydrogen-bond acceptors (Lipinski definition) is 2. The second-order valence-electron chi connectivity index (χ2n) is 5.28. The van der Waals surface area contributed by atoms with Crippen LogP contribution in [-0.2, 0) is 11.2 Å². The predicted octanol–water partition coefficient (Wildman–Crippen LogP) is 3.92. The summed E-state index contributed by atoms with van der Waals surface area (Å²) in [7, 11) is 0. The molecule has 2 aromatic heterocycles. The molecule has 0 fully saturated rings. The smallest absolute Gasteiger partial charge is 0.125 e. The standard InChI is InChI=1S/C19H14N2O/c22-11-9-17-13-15-4-1-2-6-19(15)21(17)16-7-8-18-14(12-16)5-3-10-20-18/h1-8,10-13H,9H2. The fraction of sp³-hybridized carbons (Fsp3) is 0.0526. The summed E-state index contributed by atoms with van der Waals surface area (Å²) in [6.45, 7) is 0. The van der Waals surface area contributed by atoms with Crippen molar-refractivity contribution >= 4 is 28.1 Å². The number of carbonyl (C=O) groups is 1. The lowest BCUT2D eigenvalue weighted by atomic mass is 10.2. The maximum atomic E-state index is 11.0.